The number of esters is 1. The highest BCUT2D eigenvalue weighted by atomic mass is 79.9. The number of phenolic OH excluding ortho intramolecular Hbond substituents is 1. The summed E-state index contributed by atoms with van der Waals surface area (Å²) in [7, 11) is 1.38. The Morgan fingerprint density at radius 1 is 1.53 bits per heavy atom. The average Bonchev–Trinajstić information content (AvgIpc) is 2.29. The molecule has 0 bridgehead atoms. The molecule has 94 valence electrons. The lowest BCUT2D eigenvalue weighted by Gasteiger charge is -2.14. The zero-order valence-electron chi connectivity index (χ0n) is 9.44. The summed E-state index contributed by atoms with van der Waals surface area (Å²) in [5.41, 5.74) is 0.0449. The van der Waals surface area contributed by atoms with Crippen LogP contribution in [-0.4, -0.2) is 29.9 Å². The van der Waals surface area contributed by atoms with Crippen molar-refractivity contribution in [2.24, 2.45) is 0 Å². The average molecular weight is 305 g/mol. The van der Waals surface area contributed by atoms with E-state index in [0.717, 1.165) is 0 Å². The molecule has 1 atom stereocenters. The predicted octanol–water partition coefficient (Wildman–Crippen LogP) is 1.76. The predicted molar refractivity (Wildman–Crippen MR) is 64.0 cm³/mol. The topological polar surface area (TPSA) is 76.0 Å². The van der Waals surface area contributed by atoms with Gasteiger partial charge in [-0.3, -0.25) is 0 Å². The maximum Gasteiger partial charge on any atom is 0.339 e. The molecule has 0 aromatic heterocycles. The van der Waals surface area contributed by atoms with E-state index in [9.17, 15) is 15.0 Å². The maximum atomic E-state index is 11.3. The molecule has 0 saturated carbocycles. The van der Waals surface area contributed by atoms with Gasteiger partial charge < -0.3 is 19.7 Å². The van der Waals surface area contributed by atoms with Crippen LogP contribution in [0.5, 0.6) is 11.5 Å². The molecule has 0 fully saturated rings. The van der Waals surface area contributed by atoms with Gasteiger partial charge in [0.1, 0.15) is 0 Å². The molecule has 1 unspecified atom stereocenters. The largest absolute Gasteiger partial charge is 0.504 e. The first kappa shape index (κ1) is 13.8. The van der Waals surface area contributed by atoms with Crippen LogP contribution in [0.2, 0.25) is 0 Å². The summed E-state index contributed by atoms with van der Waals surface area (Å²) >= 11 is 3.18. The zero-order valence-corrected chi connectivity index (χ0v) is 11.0. The molecule has 0 heterocycles. The molecule has 2 N–H and O–H groups in total. The van der Waals surface area contributed by atoms with Crippen molar-refractivity contribution in [1.82, 2.24) is 0 Å². The molecule has 5 nitrogen and oxygen atoms in total. The highest BCUT2D eigenvalue weighted by Crippen LogP contribution is 2.39. The lowest BCUT2D eigenvalue weighted by molar-refractivity contribution is -0.153. The maximum absolute atomic E-state index is 11.3. The number of aromatic hydroxyl groups is 1. The van der Waals surface area contributed by atoms with Gasteiger partial charge in [-0.2, -0.15) is 0 Å². The minimum absolute atomic E-state index is 0.0449. The van der Waals surface area contributed by atoms with E-state index in [4.69, 9.17) is 4.74 Å². The molecule has 0 aliphatic heterocycles. The summed E-state index contributed by atoms with van der Waals surface area (Å²) in [5.74, 6) is -0.944. The second-order valence-electron chi connectivity index (χ2n) is 3.17. The van der Waals surface area contributed by atoms with E-state index in [1.54, 1.807) is 13.0 Å². The van der Waals surface area contributed by atoms with Gasteiger partial charge in [-0.05, 0) is 28.9 Å². The summed E-state index contributed by atoms with van der Waals surface area (Å²) in [6, 6.07) is 2.99. The summed E-state index contributed by atoms with van der Waals surface area (Å²) in [6.07, 6.45) is -1.53. The van der Waals surface area contributed by atoms with Crippen LogP contribution >= 0.6 is 15.9 Å². The summed E-state index contributed by atoms with van der Waals surface area (Å²) in [6.45, 7) is 1.79. The molecule has 6 heteroatoms. The number of carbonyl (C=O) groups excluding carboxylic acids is 1. The molecule has 0 radical (unpaired) electrons. The van der Waals surface area contributed by atoms with Gasteiger partial charge in [0.25, 0.3) is 0 Å². The smallest absolute Gasteiger partial charge is 0.339 e. The second-order valence-corrected chi connectivity index (χ2v) is 4.03. The van der Waals surface area contributed by atoms with Gasteiger partial charge in [-0.25, -0.2) is 4.79 Å². The van der Waals surface area contributed by atoms with Crippen molar-refractivity contribution in [3.63, 3.8) is 0 Å². The molecule has 1 rings (SSSR count). The van der Waals surface area contributed by atoms with E-state index >= 15 is 0 Å². The Bertz CT molecular complexity index is 419. The Morgan fingerprint density at radius 3 is 2.71 bits per heavy atom. The van der Waals surface area contributed by atoms with Gasteiger partial charge in [0.2, 0.25) is 0 Å². The van der Waals surface area contributed by atoms with Crippen LogP contribution in [-0.2, 0) is 9.53 Å². The standard InChI is InChI=1S/C11H13BrO5/c1-3-17-11(15)9(14)6-4-5-7(12)10(16-2)8(6)13/h4-5,9,13-14H,3H2,1-2H3. The highest BCUT2D eigenvalue weighted by molar-refractivity contribution is 9.10. The number of aliphatic hydroxyl groups excluding tert-OH is 1. The van der Waals surface area contributed by atoms with Crippen LogP contribution in [0.1, 0.15) is 18.6 Å². The minimum Gasteiger partial charge on any atom is -0.504 e. The molecule has 0 aliphatic carbocycles. The number of hydrogen-bond donors (Lipinski definition) is 2. The molecule has 17 heavy (non-hydrogen) atoms. The Morgan fingerprint density at radius 2 is 2.18 bits per heavy atom. The van der Waals surface area contributed by atoms with Gasteiger partial charge in [-0.15, -0.1) is 0 Å². The lowest BCUT2D eigenvalue weighted by atomic mass is 10.1. The number of phenols is 1. The highest BCUT2D eigenvalue weighted by Gasteiger charge is 2.24. The first-order valence-corrected chi connectivity index (χ1v) is 5.72. The van der Waals surface area contributed by atoms with E-state index in [1.165, 1.54) is 13.2 Å². The summed E-state index contributed by atoms with van der Waals surface area (Å²) < 4.78 is 10.1. The Labute approximate surface area is 107 Å². The zero-order chi connectivity index (χ0) is 13.0. The number of methoxy groups -OCH3 is 1. The SMILES string of the molecule is CCOC(=O)C(O)c1ccc(Br)c(OC)c1O. The number of rotatable bonds is 4. The lowest BCUT2D eigenvalue weighted by Crippen LogP contribution is -2.15. The first-order valence-electron chi connectivity index (χ1n) is 4.93. The van der Waals surface area contributed by atoms with Gasteiger partial charge in [0.15, 0.2) is 17.6 Å². The minimum atomic E-state index is -1.53. The molecule has 1 aromatic rings. The van der Waals surface area contributed by atoms with Gasteiger partial charge >= 0.3 is 5.97 Å². The van der Waals surface area contributed by atoms with Crippen molar-refractivity contribution in [1.29, 1.82) is 0 Å². The van der Waals surface area contributed by atoms with Gasteiger partial charge in [0, 0.05) is 5.56 Å². The number of carbonyl (C=O) groups is 1. The molecule has 0 saturated heterocycles. The fourth-order valence-corrected chi connectivity index (χ4v) is 1.81. The number of aliphatic hydroxyl groups is 1. The van der Waals surface area contributed by atoms with E-state index in [-0.39, 0.29) is 23.7 Å². The fraction of sp³-hybridized carbons (Fsp3) is 0.364. The first-order chi connectivity index (χ1) is 8.02. The third-order valence-electron chi connectivity index (χ3n) is 2.12. The van der Waals surface area contributed by atoms with Crippen molar-refractivity contribution in [3.8, 4) is 11.5 Å². The van der Waals surface area contributed by atoms with E-state index in [2.05, 4.69) is 20.7 Å². The molecule has 0 aliphatic rings. The number of benzene rings is 1. The van der Waals surface area contributed by atoms with Crippen molar-refractivity contribution in [2.75, 3.05) is 13.7 Å². The number of halogens is 1. The Kier molecular flexibility index (Phi) is 4.77. The Hall–Kier alpha value is -1.27. The Balaban J connectivity index is 3.10. The van der Waals surface area contributed by atoms with Crippen molar-refractivity contribution in [2.45, 2.75) is 13.0 Å². The van der Waals surface area contributed by atoms with E-state index in [1.807, 2.05) is 0 Å². The van der Waals surface area contributed by atoms with Crippen molar-refractivity contribution < 1.29 is 24.5 Å². The third-order valence-corrected chi connectivity index (χ3v) is 2.75. The van der Waals surface area contributed by atoms with Crippen molar-refractivity contribution in [3.05, 3.63) is 22.2 Å². The van der Waals surface area contributed by atoms with Crippen LogP contribution < -0.4 is 4.74 Å². The molecular weight excluding hydrogens is 292 g/mol. The molecular formula is C11H13BrO5. The monoisotopic (exact) mass is 304 g/mol. The summed E-state index contributed by atoms with van der Waals surface area (Å²) in [4.78, 5) is 11.3. The van der Waals surface area contributed by atoms with Crippen molar-refractivity contribution >= 4 is 21.9 Å². The van der Waals surface area contributed by atoms with E-state index in [0.29, 0.717) is 4.47 Å². The van der Waals surface area contributed by atoms with Crippen LogP contribution in [0.3, 0.4) is 0 Å². The van der Waals surface area contributed by atoms with E-state index < -0.39 is 12.1 Å². The van der Waals surface area contributed by atoms with Gasteiger partial charge in [-0.1, -0.05) is 6.07 Å². The van der Waals surface area contributed by atoms with Crippen LogP contribution in [0.25, 0.3) is 0 Å². The molecule has 0 spiro atoms. The quantitative estimate of drug-likeness (QED) is 0.829. The molecule has 1 aromatic carbocycles. The van der Waals surface area contributed by atoms with Gasteiger partial charge in [0.05, 0.1) is 18.2 Å². The number of hydrogen-bond acceptors (Lipinski definition) is 5. The number of ether oxygens (including phenoxy) is 2. The van der Waals surface area contributed by atoms with Crippen LogP contribution in [0, 0.1) is 0 Å². The fourth-order valence-electron chi connectivity index (χ4n) is 1.32. The van der Waals surface area contributed by atoms with Crippen LogP contribution in [0.4, 0.5) is 0 Å². The second kappa shape index (κ2) is 5.88. The summed E-state index contributed by atoms with van der Waals surface area (Å²) in [5, 5.41) is 19.5. The third kappa shape index (κ3) is 2.89. The normalized spacial score (nSPS) is 12.0. The molecule has 0 amide bonds. The van der Waals surface area contributed by atoms with Crippen LogP contribution in [0.15, 0.2) is 16.6 Å².